The van der Waals surface area contributed by atoms with Crippen LogP contribution in [0.4, 0.5) is 0 Å². The van der Waals surface area contributed by atoms with Gasteiger partial charge in [-0.05, 0) is 167 Å². The van der Waals surface area contributed by atoms with E-state index in [1.54, 1.807) is 0 Å². The van der Waals surface area contributed by atoms with Crippen molar-refractivity contribution >= 4 is 11.9 Å². The normalized spacial score (nSPS) is 41.3. The molecule has 5 heteroatoms. The van der Waals surface area contributed by atoms with E-state index in [1.807, 2.05) is 13.8 Å². The molecule has 5 aliphatic carbocycles. The maximum Gasteiger partial charge on any atom is 0.306 e. The summed E-state index contributed by atoms with van der Waals surface area (Å²) < 4.78 is 6.30. The number of aliphatic carboxylic acids is 1. The molecule has 0 unspecified atom stereocenters. The van der Waals surface area contributed by atoms with E-state index < -0.39 is 11.4 Å². The number of carboxylic acids is 1. The highest BCUT2D eigenvalue weighted by Crippen LogP contribution is 2.78. The second-order valence-electron chi connectivity index (χ2n) is 20.4. The van der Waals surface area contributed by atoms with Crippen molar-refractivity contribution in [3.05, 3.63) is 12.2 Å². The fraction of sp³-hybridized carbons (Fsp3) is 0.909. The van der Waals surface area contributed by atoms with Gasteiger partial charge in [0.25, 0.3) is 0 Å². The predicted octanol–water partition coefficient (Wildman–Crippen LogP) is 11.0. The van der Waals surface area contributed by atoms with E-state index in [1.165, 1.54) is 95.8 Å². The van der Waals surface area contributed by atoms with Crippen LogP contribution in [0.5, 0.6) is 0 Å². The largest absolute Gasteiger partial charge is 0.481 e. The minimum Gasteiger partial charge on any atom is -0.481 e. The lowest BCUT2D eigenvalue weighted by atomic mass is 9.32. The van der Waals surface area contributed by atoms with Crippen LogP contribution in [0.2, 0.25) is 0 Å². The molecule has 5 fully saturated rings. The van der Waals surface area contributed by atoms with Gasteiger partial charge in [-0.25, -0.2) is 0 Å². The molecule has 0 aromatic heterocycles. The first-order chi connectivity index (χ1) is 22.8. The van der Waals surface area contributed by atoms with Crippen LogP contribution in [0.15, 0.2) is 12.2 Å². The van der Waals surface area contributed by atoms with Crippen LogP contribution < -0.4 is 0 Å². The lowest BCUT2D eigenvalue weighted by molar-refractivity contribution is -0.250. The molecule has 5 aliphatic rings. The molecule has 5 nitrogen and oxygen atoms in total. The van der Waals surface area contributed by atoms with Crippen LogP contribution in [0.1, 0.15) is 166 Å². The molecule has 5 saturated carbocycles. The topological polar surface area (TPSA) is 66.8 Å². The number of rotatable bonds is 13. The summed E-state index contributed by atoms with van der Waals surface area (Å²) >= 11 is 0. The second-order valence-corrected chi connectivity index (χ2v) is 20.4. The molecule has 0 aromatic rings. The number of nitrogens with zero attached hydrogens (tertiary/aromatic N) is 1. The van der Waals surface area contributed by atoms with Crippen molar-refractivity contribution in [2.75, 3.05) is 19.6 Å². The van der Waals surface area contributed by atoms with Gasteiger partial charge in [-0.15, -0.1) is 0 Å². The molecule has 0 heterocycles. The molecule has 280 valence electrons. The number of esters is 1. The smallest absolute Gasteiger partial charge is 0.306 e. The van der Waals surface area contributed by atoms with E-state index in [0.717, 1.165) is 24.7 Å². The summed E-state index contributed by atoms with van der Waals surface area (Å²) in [4.78, 5) is 27.4. The molecule has 0 saturated heterocycles. The second kappa shape index (κ2) is 13.9. The van der Waals surface area contributed by atoms with Crippen molar-refractivity contribution in [1.82, 2.24) is 4.90 Å². The standard InChI is InChI=1S/C44H75NO4/c1-12-25-45(26-13-2)27-24-44-21-16-31(30(3)4)38(44)32-14-15-34-41(9)19-18-35(49-37(48)29-39(5,6)28-36(46)47)40(7,8)33(41)17-20-43(34,11)42(32,10)22-23-44/h31-35,38H,3,12-29H2,1-2,4-11H3,(H,46,47)/t31-,32+,33-,34+,35-,38+,41-,42+,43+,44+/m0/s1. The minimum absolute atomic E-state index is 0.0257. The summed E-state index contributed by atoms with van der Waals surface area (Å²) in [6.07, 6.45) is 16.6. The van der Waals surface area contributed by atoms with E-state index in [2.05, 4.69) is 66.9 Å². The van der Waals surface area contributed by atoms with Crippen molar-refractivity contribution in [1.29, 1.82) is 0 Å². The van der Waals surface area contributed by atoms with E-state index in [9.17, 15) is 14.7 Å². The lowest BCUT2D eigenvalue weighted by Crippen LogP contribution is -2.66. The Morgan fingerprint density at radius 3 is 2.10 bits per heavy atom. The third-order valence-corrected chi connectivity index (χ3v) is 16.7. The van der Waals surface area contributed by atoms with Gasteiger partial charge in [0.05, 0.1) is 12.8 Å². The maximum atomic E-state index is 13.2. The molecule has 0 radical (unpaired) electrons. The number of hydrogen-bond acceptors (Lipinski definition) is 4. The van der Waals surface area contributed by atoms with Gasteiger partial charge in [-0.2, -0.15) is 0 Å². The first kappa shape index (κ1) is 38.9. The van der Waals surface area contributed by atoms with Crippen molar-refractivity contribution < 1.29 is 19.4 Å². The minimum atomic E-state index is -0.863. The first-order valence-corrected chi connectivity index (χ1v) is 20.6. The summed E-state index contributed by atoms with van der Waals surface area (Å²) in [5.74, 6) is 2.32. The molecule has 0 aliphatic heterocycles. The average molecular weight is 682 g/mol. The predicted molar refractivity (Wildman–Crippen MR) is 201 cm³/mol. The van der Waals surface area contributed by atoms with Gasteiger partial charge < -0.3 is 14.7 Å². The monoisotopic (exact) mass is 682 g/mol. The van der Waals surface area contributed by atoms with Crippen molar-refractivity contribution in [3.8, 4) is 0 Å². The molecule has 10 atom stereocenters. The van der Waals surface area contributed by atoms with Crippen LogP contribution in [0.25, 0.3) is 0 Å². The van der Waals surface area contributed by atoms with Gasteiger partial charge in [0.2, 0.25) is 0 Å². The van der Waals surface area contributed by atoms with Gasteiger partial charge in [0.15, 0.2) is 0 Å². The molecule has 0 amide bonds. The number of fused-ring (bicyclic) bond motifs is 7. The van der Waals surface area contributed by atoms with E-state index >= 15 is 0 Å². The number of allylic oxidation sites excluding steroid dienone is 1. The zero-order valence-electron chi connectivity index (χ0n) is 33.5. The summed E-state index contributed by atoms with van der Waals surface area (Å²) in [5.41, 5.74) is 2.08. The van der Waals surface area contributed by atoms with Crippen molar-refractivity contribution in [2.24, 2.45) is 62.1 Å². The number of ether oxygens (including phenoxy) is 1. The Morgan fingerprint density at radius 2 is 1.49 bits per heavy atom. The maximum absolute atomic E-state index is 13.2. The number of carbonyl (C=O) groups excluding carboxylic acids is 1. The molecular formula is C44H75NO4. The third-order valence-electron chi connectivity index (χ3n) is 16.7. The molecule has 0 spiro atoms. The molecule has 0 aromatic carbocycles. The van der Waals surface area contributed by atoms with Gasteiger partial charge in [-0.1, -0.05) is 74.5 Å². The average Bonchev–Trinajstić information content (AvgIpc) is 3.37. The third kappa shape index (κ3) is 6.72. The molecule has 5 rings (SSSR count). The molecule has 49 heavy (non-hydrogen) atoms. The fourth-order valence-corrected chi connectivity index (χ4v) is 14.3. The summed E-state index contributed by atoms with van der Waals surface area (Å²) in [5, 5.41) is 9.35. The molecule has 1 N–H and O–H groups in total. The van der Waals surface area contributed by atoms with Gasteiger partial charge in [0.1, 0.15) is 6.10 Å². The van der Waals surface area contributed by atoms with Crippen LogP contribution in [-0.2, 0) is 14.3 Å². The SMILES string of the molecule is C=C(C)[C@@H]1CC[C@]2(CCN(CCC)CCC)CC[C@]3(C)[C@H](CC[C@@H]4[C@@]5(C)CC[C@H](OC(=O)CC(C)(C)CC(=O)O)C(C)(C)[C@@H]5CC[C@]43C)[C@@H]12. The molecule has 0 bridgehead atoms. The Kier molecular flexibility index (Phi) is 11.0. The van der Waals surface area contributed by atoms with Gasteiger partial charge >= 0.3 is 11.9 Å². The van der Waals surface area contributed by atoms with E-state index in [0.29, 0.717) is 34.0 Å². The van der Waals surface area contributed by atoms with Crippen LogP contribution in [0.3, 0.4) is 0 Å². The van der Waals surface area contributed by atoms with Crippen molar-refractivity contribution in [2.45, 2.75) is 172 Å². The highest BCUT2D eigenvalue weighted by Gasteiger charge is 2.71. The quantitative estimate of drug-likeness (QED) is 0.155. The highest BCUT2D eigenvalue weighted by molar-refractivity contribution is 5.73. The lowest BCUT2D eigenvalue weighted by Gasteiger charge is -2.73. The van der Waals surface area contributed by atoms with Crippen LogP contribution in [0, 0.1) is 62.1 Å². The van der Waals surface area contributed by atoms with E-state index in [4.69, 9.17) is 4.74 Å². The van der Waals surface area contributed by atoms with Crippen LogP contribution >= 0.6 is 0 Å². The zero-order valence-corrected chi connectivity index (χ0v) is 33.5. The van der Waals surface area contributed by atoms with E-state index in [-0.39, 0.29) is 35.7 Å². The number of carbonyl (C=O) groups is 2. The van der Waals surface area contributed by atoms with Gasteiger partial charge in [-0.3, -0.25) is 9.59 Å². The zero-order chi connectivity index (χ0) is 36.2. The Bertz CT molecular complexity index is 1230. The Hall–Kier alpha value is -1.36. The fourth-order valence-electron chi connectivity index (χ4n) is 14.3. The highest BCUT2D eigenvalue weighted by atomic mass is 16.5. The summed E-state index contributed by atoms with van der Waals surface area (Å²) in [6.45, 7) is 32.0. The summed E-state index contributed by atoms with van der Waals surface area (Å²) in [6, 6.07) is 0. The number of carboxylic acid groups (broad SMARTS) is 1. The van der Waals surface area contributed by atoms with Gasteiger partial charge in [0, 0.05) is 5.41 Å². The summed E-state index contributed by atoms with van der Waals surface area (Å²) in [7, 11) is 0. The molecular weight excluding hydrogens is 606 g/mol. The Labute approximate surface area is 301 Å². The van der Waals surface area contributed by atoms with Crippen LogP contribution in [-0.4, -0.2) is 47.7 Å². The Morgan fingerprint density at radius 1 is 0.816 bits per heavy atom. The first-order valence-electron chi connectivity index (χ1n) is 20.6. The number of hydrogen-bond donors (Lipinski definition) is 1. The van der Waals surface area contributed by atoms with Crippen molar-refractivity contribution in [3.63, 3.8) is 0 Å². The Balaban J connectivity index is 1.38.